The Morgan fingerprint density at radius 3 is 2.78 bits per heavy atom. The van der Waals surface area contributed by atoms with E-state index in [1.165, 1.54) is 0 Å². The van der Waals surface area contributed by atoms with Crippen molar-refractivity contribution in [3.63, 3.8) is 0 Å². The molecule has 0 saturated carbocycles. The van der Waals surface area contributed by atoms with E-state index >= 15 is 0 Å². The smallest absolute Gasteiger partial charge is 0.323 e. The molecule has 2 amide bonds. The highest BCUT2D eigenvalue weighted by molar-refractivity contribution is 7.13. The summed E-state index contributed by atoms with van der Waals surface area (Å²) in [5.74, 6) is -0.373. The summed E-state index contributed by atoms with van der Waals surface area (Å²) >= 11 is 6.42. The number of carbonyl (C=O) groups is 2. The fraction of sp³-hybridized carbons (Fsp3) is 0.286. The van der Waals surface area contributed by atoms with Gasteiger partial charge in [0.1, 0.15) is 6.54 Å². The van der Waals surface area contributed by atoms with Gasteiger partial charge in [0.05, 0.1) is 11.4 Å². The quantitative estimate of drug-likeness (QED) is 0.908. The van der Waals surface area contributed by atoms with Gasteiger partial charge in [0.15, 0.2) is 0 Å². The van der Waals surface area contributed by atoms with Crippen LogP contribution in [0.4, 0.5) is 11.4 Å². The van der Waals surface area contributed by atoms with Gasteiger partial charge in [0.2, 0.25) is 16.3 Å². The zero-order valence-corrected chi connectivity index (χ0v) is 13.6. The molecule has 7 nitrogen and oxygen atoms in total. The second-order valence-corrected chi connectivity index (χ2v) is 6.52. The maximum absolute atomic E-state index is 12.1. The Morgan fingerprint density at radius 1 is 1.35 bits per heavy atom. The molecule has 0 radical (unpaired) electrons. The van der Waals surface area contributed by atoms with Crippen molar-refractivity contribution in [2.24, 2.45) is 0 Å². The van der Waals surface area contributed by atoms with Crippen LogP contribution < -0.4 is 15.1 Å². The van der Waals surface area contributed by atoms with Crippen LogP contribution in [0.2, 0.25) is 4.47 Å². The Hall–Kier alpha value is -2.19. The first kappa shape index (κ1) is 15.7. The molecule has 0 atom stereocenters. The molecule has 9 heteroatoms. The molecule has 2 heterocycles. The molecule has 0 spiro atoms. The maximum Gasteiger partial charge on any atom is 0.326 e. The van der Waals surface area contributed by atoms with Gasteiger partial charge in [0.25, 0.3) is 0 Å². The van der Waals surface area contributed by atoms with Crippen molar-refractivity contribution < 1.29 is 9.59 Å². The largest absolute Gasteiger partial charge is 0.326 e. The lowest BCUT2D eigenvalue weighted by Gasteiger charge is -2.19. The zero-order valence-electron chi connectivity index (χ0n) is 12.0. The number of rotatable bonds is 4. The molecule has 0 unspecified atom stereocenters. The predicted octanol–water partition coefficient (Wildman–Crippen LogP) is 1.72. The molecule has 1 aliphatic rings. The van der Waals surface area contributed by atoms with E-state index in [0.29, 0.717) is 24.3 Å². The summed E-state index contributed by atoms with van der Waals surface area (Å²) in [7, 11) is 0. The standard InChI is InChI=1S/C14H13ClN4O3S/c15-13-17-19(14(22)23-13)8-11(20)16-9-4-1-2-5-10(9)18-7-3-6-12(18)21/h1-2,4-5H,3,6-8H2,(H,16,20). The normalized spacial score (nSPS) is 14.3. The summed E-state index contributed by atoms with van der Waals surface area (Å²) < 4.78 is 1.09. The lowest BCUT2D eigenvalue weighted by atomic mass is 10.2. The summed E-state index contributed by atoms with van der Waals surface area (Å²) in [6.45, 7) is 0.400. The van der Waals surface area contributed by atoms with E-state index in [-0.39, 0.29) is 16.9 Å². The Labute approximate surface area is 140 Å². The average Bonchev–Trinajstić information content (AvgIpc) is 3.05. The van der Waals surface area contributed by atoms with Crippen LogP contribution in [-0.4, -0.2) is 28.1 Å². The molecular formula is C14H13ClN4O3S. The lowest BCUT2D eigenvalue weighted by molar-refractivity contribution is -0.118. The third-order valence-corrected chi connectivity index (χ3v) is 4.36. The van der Waals surface area contributed by atoms with Gasteiger partial charge < -0.3 is 10.2 Å². The Bertz CT molecular complexity index is 816. The summed E-state index contributed by atoms with van der Waals surface area (Å²) in [5.41, 5.74) is 1.19. The molecule has 1 aromatic heterocycles. The number of hydrogen-bond donors (Lipinski definition) is 1. The van der Waals surface area contributed by atoms with E-state index in [9.17, 15) is 14.4 Å². The number of benzene rings is 1. The van der Waals surface area contributed by atoms with Gasteiger partial charge in [-0.3, -0.25) is 14.4 Å². The van der Waals surface area contributed by atoms with Gasteiger partial charge in [-0.1, -0.05) is 12.1 Å². The van der Waals surface area contributed by atoms with E-state index in [0.717, 1.165) is 22.4 Å². The summed E-state index contributed by atoms with van der Waals surface area (Å²) in [6, 6.07) is 7.08. The van der Waals surface area contributed by atoms with Crippen LogP contribution in [0.1, 0.15) is 12.8 Å². The number of nitrogens with one attached hydrogen (secondary N) is 1. The predicted molar refractivity (Wildman–Crippen MR) is 88.0 cm³/mol. The molecule has 1 fully saturated rings. The fourth-order valence-electron chi connectivity index (χ4n) is 2.42. The Morgan fingerprint density at radius 2 is 2.13 bits per heavy atom. The third kappa shape index (κ3) is 3.43. The van der Waals surface area contributed by atoms with Crippen LogP contribution in [0, 0.1) is 0 Å². The van der Waals surface area contributed by atoms with E-state index in [2.05, 4.69) is 10.4 Å². The molecule has 2 aromatic rings. The van der Waals surface area contributed by atoms with Crippen LogP contribution in [0.3, 0.4) is 0 Å². The highest BCUT2D eigenvalue weighted by Crippen LogP contribution is 2.29. The highest BCUT2D eigenvalue weighted by Gasteiger charge is 2.24. The molecular weight excluding hydrogens is 340 g/mol. The average molecular weight is 353 g/mol. The number of halogens is 1. The minimum atomic E-state index is -0.409. The number of nitrogens with zero attached hydrogens (tertiary/aromatic N) is 3. The Kier molecular flexibility index (Phi) is 4.44. The third-order valence-electron chi connectivity index (χ3n) is 3.42. The number of carbonyl (C=O) groups excluding carboxylic acids is 2. The van der Waals surface area contributed by atoms with E-state index in [1.54, 1.807) is 29.2 Å². The molecule has 0 aliphatic carbocycles. The molecule has 120 valence electrons. The monoisotopic (exact) mass is 352 g/mol. The first-order valence-corrected chi connectivity index (χ1v) is 8.17. The van der Waals surface area contributed by atoms with Crippen molar-refractivity contribution in [2.45, 2.75) is 19.4 Å². The van der Waals surface area contributed by atoms with Crippen LogP contribution in [0.15, 0.2) is 29.1 Å². The fourth-order valence-corrected chi connectivity index (χ4v) is 3.21. The van der Waals surface area contributed by atoms with Crippen LogP contribution in [0.25, 0.3) is 0 Å². The first-order chi connectivity index (χ1) is 11.0. The minimum Gasteiger partial charge on any atom is -0.323 e. The van der Waals surface area contributed by atoms with Crippen LogP contribution in [0.5, 0.6) is 0 Å². The van der Waals surface area contributed by atoms with Crippen LogP contribution in [-0.2, 0) is 16.1 Å². The van der Waals surface area contributed by atoms with Gasteiger partial charge in [0, 0.05) is 13.0 Å². The lowest BCUT2D eigenvalue weighted by Crippen LogP contribution is -2.28. The SMILES string of the molecule is O=C(Cn1nc(Cl)sc1=O)Nc1ccccc1N1CCCC1=O. The molecule has 0 bridgehead atoms. The summed E-state index contributed by atoms with van der Waals surface area (Å²) in [4.78, 5) is 36.8. The molecule has 3 rings (SSSR count). The van der Waals surface area contributed by atoms with Gasteiger partial charge in [-0.2, -0.15) is 0 Å². The van der Waals surface area contributed by atoms with Crippen molar-refractivity contribution in [1.29, 1.82) is 0 Å². The van der Waals surface area contributed by atoms with Crippen molar-refractivity contribution in [3.8, 4) is 0 Å². The van der Waals surface area contributed by atoms with Gasteiger partial charge in [-0.05, 0) is 41.5 Å². The second kappa shape index (κ2) is 6.51. The minimum absolute atomic E-state index is 0.0363. The van der Waals surface area contributed by atoms with Crippen molar-refractivity contribution in [3.05, 3.63) is 38.4 Å². The second-order valence-electron chi connectivity index (χ2n) is 4.99. The van der Waals surface area contributed by atoms with Gasteiger partial charge in [-0.15, -0.1) is 5.10 Å². The van der Waals surface area contributed by atoms with E-state index < -0.39 is 10.8 Å². The summed E-state index contributed by atoms with van der Waals surface area (Å²) in [5, 5.41) is 6.49. The van der Waals surface area contributed by atoms with E-state index in [1.807, 2.05) is 0 Å². The molecule has 1 N–H and O–H groups in total. The van der Waals surface area contributed by atoms with Crippen molar-refractivity contribution in [1.82, 2.24) is 9.78 Å². The van der Waals surface area contributed by atoms with Gasteiger partial charge in [-0.25, -0.2) is 4.68 Å². The van der Waals surface area contributed by atoms with Gasteiger partial charge >= 0.3 is 4.87 Å². The van der Waals surface area contributed by atoms with Crippen molar-refractivity contribution >= 4 is 46.1 Å². The van der Waals surface area contributed by atoms with Crippen LogP contribution >= 0.6 is 22.9 Å². The topological polar surface area (TPSA) is 84.3 Å². The molecule has 1 aliphatic heterocycles. The maximum atomic E-state index is 12.1. The zero-order chi connectivity index (χ0) is 16.4. The molecule has 23 heavy (non-hydrogen) atoms. The molecule has 1 aromatic carbocycles. The molecule has 1 saturated heterocycles. The van der Waals surface area contributed by atoms with Crippen molar-refractivity contribution in [2.75, 3.05) is 16.8 Å². The number of amides is 2. The number of anilines is 2. The van der Waals surface area contributed by atoms with E-state index in [4.69, 9.17) is 11.6 Å². The summed E-state index contributed by atoms with van der Waals surface area (Å²) in [6.07, 6.45) is 1.31. The number of aromatic nitrogens is 2. The number of para-hydroxylation sites is 2. The Balaban J connectivity index is 1.77. The highest BCUT2D eigenvalue weighted by atomic mass is 35.5. The first-order valence-electron chi connectivity index (χ1n) is 6.97. The number of hydrogen-bond acceptors (Lipinski definition) is 5.